The number of aromatic carboxylic acids is 1. The van der Waals surface area contributed by atoms with Crippen molar-refractivity contribution in [2.75, 3.05) is 33.5 Å². The number of carbonyl (C=O) groups is 1. The number of ether oxygens (including phenoxy) is 4. The van der Waals surface area contributed by atoms with Crippen LogP contribution in [0, 0.1) is 0 Å². The van der Waals surface area contributed by atoms with Crippen molar-refractivity contribution in [1.29, 1.82) is 0 Å². The molecule has 0 amide bonds. The molecule has 2 aromatic rings. The molecule has 0 saturated carbocycles. The molecular weight excluding hydrogens is 316 g/mol. The van der Waals surface area contributed by atoms with Crippen molar-refractivity contribution in [3.8, 4) is 5.75 Å². The molecule has 1 aromatic heterocycles. The molecular formula is C16H20N2O6. The van der Waals surface area contributed by atoms with Crippen molar-refractivity contribution in [2.45, 2.75) is 19.3 Å². The van der Waals surface area contributed by atoms with E-state index in [-0.39, 0.29) is 18.5 Å². The minimum absolute atomic E-state index is 0.00362. The Morgan fingerprint density at radius 2 is 2.33 bits per heavy atom. The minimum atomic E-state index is -1.08. The first-order chi connectivity index (χ1) is 11.7. The Balaban J connectivity index is 1.85. The van der Waals surface area contributed by atoms with Gasteiger partial charge in [-0.05, 0) is 12.1 Å². The van der Waals surface area contributed by atoms with Crippen LogP contribution in [0.2, 0.25) is 0 Å². The number of hydrogen-bond acceptors (Lipinski definition) is 6. The van der Waals surface area contributed by atoms with Crippen LogP contribution in [-0.2, 0) is 20.9 Å². The van der Waals surface area contributed by atoms with E-state index in [1.165, 1.54) is 4.68 Å². The molecule has 130 valence electrons. The summed E-state index contributed by atoms with van der Waals surface area (Å²) in [5, 5.41) is 14.0. The molecule has 0 radical (unpaired) electrons. The number of carboxylic acid groups (broad SMARTS) is 1. The number of benzene rings is 1. The second kappa shape index (κ2) is 7.61. The Morgan fingerprint density at radius 3 is 3.04 bits per heavy atom. The zero-order valence-corrected chi connectivity index (χ0v) is 13.4. The van der Waals surface area contributed by atoms with E-state index in [9.17, 15) is 9.90 Å². The third kappa shape index (κ3) is 3.66. The lowest BCUT2D eigenvalue weighted by atomic mass is 10.2. The summed E-state index contributed by atoms with van der Waals surface area (Å²) in [6, 6.07) is 5.25. The average molecular weight is 336 g/mol. The molecule has 1 fully saturated rings. The van der Waals surface area contributed by atoms with Crippen LogP contribution in [0.3, 0.4) is 0 Å². The number of nitrogens with zero attached hydrogens (tertiary/aromatic N) is 2. The Hall–Kier alpha value is -2.16. The number of methoxy groups -OCH3 is 1. The van der Waals surface area contributed by atoms with E-state index in [0.717, 1.165) is 6.42 Å². The highest BCUT2D eigenvalue weighted by molar-refractivity contribution is 6.01. The first-order valence-electron chi connectivity index (χ1n) is 7.74. The lowest BCUT2D eigenvalue weighted by Gasteiger charge is -2.12. The molecule has 3 rings (SSSR count). The van der Waals surface area contributed by atoms with Crippen LogP contribution >= 0.6 is 0 Å². The molecule has 1 aliphatic heterocycles. The van der Waals surface area contributed by atoms with Gasteiger partial charge in [-0.15, -0.1) is 0 Å². The van der Waals surface area contributed by atoms with Crippen molar-refractivity contribution >= 4 is 16.9 Å². The molecule has 1 aliphatic rings. The minimum Gasteiger partial charge on any atom is -0.488 e. The van der Waals surface area contributed by atoms with Crippen LogP contribution in [-0.4, -0.2) is 60.5 Å². The van der Waals surface area contributed by atoms with Gasteiger partial charge in [0.25, 0.3) is 0 Å². The fourth-order valence-corrected chi connectivity index (χ4v) is 2.57. The van der Waals surface area contributed by atoms with E-state index in [2.05, 4.69) is 5.10 Å². The number of carboxylic acids is 1. The van der Waals surface area contributed by atoms with Gasteiger partial charge in [-0.25, -0.2) is 9.48 Å². The molecule has 1 atom stereocenters. The number of hydrogen-bond donors (Lipinski definition) is 1. The maximum Gasteiger partial charge on any atom is 0.357 e. The third-order valence-corrected chi connectivity index (χ3v) is 3.76. The van der Waals surface area contributed by atoms with Gasteiger partial charge in [0.15, 0.2) is 5.69 Å². The molecule has 8 nitrogen and oxygen atoms in total. The third-order valence-electron chi connectivity index (χ3n) is 3.76. The van der Waals surface area contributed by atoms with Crippen molar-refractivity contribution in [3.63, 3.8) is 0 Å². The number of rotatable bonds is 8. The fraction of sp³-hybridized carbons (Fsp3) is 0.500. The van der Waals surface area contributed by atoms with E-state index >= 15 is 0 Å². The van der Waals surface area contributed by atoms with Gasteiger partial charge in [0, 0.05) is 25.0 Å². The van der Waals surface area contributed by atoms with Crippen molar-refractivity contribution in [1.82, 2.24) is 9.78 Å². The topological polar surface area (TPSA) is 92.0 Å². The van der Waals surface area contributed by atoms with Crippen LogP contribution in [0.25, 0.3) is 10.9 Å². The van der Waals surface area contributed by atoms with Gasteiger partial charge in [0.2, 0.25) is 0 Å². The highest BCUT2D eigenvalue weighted by atomic mass is 16.5. The summed E-state index contributed by atoms with van der Waals surface area (Å²) in [6.07, 6.45) is 0.869. The first-order valence-corrected chi connectivity index (χ1v) is 7.74. The Kier molecular flexibility index (Phi) is 5.29. The first kappa shape index (κ1) is 16.7. The Labute approximate surface area is 138 Å². The van der Waals surface area contributed by atoms with Crippen LogP contribution < -0.4 is 4.74 Å². The Morgan fingerprint density at radius 1 is 1.46 bits per heavy atom. The second-order valence-corrected chi connectivity index (χ2v) is 5.47. The number of aromatic nitrogens is 2. The highest BCUT2D eigenvalue weighted by Gasteiger charge is 2.20. The lowest BCUT2D eigenvalue weighted by Crippen LogP contribution is -2.15. The summed E-state index contributed by atoms with van der Waals surface area (Å²) < 4.78 is 23.1. The van der Waals surface area contributed by atoms with Gasteiger partial charge >= 0.3 is 5.97 Å². The van der Waals surface area contributed by atoms with Crippen molar-refractivity contribution in [2.24, 2.45) is 0 Å². The molecule has 24 heavy (non-hydrogen) atoms. The molecule has 2 heterocycles. The fourth-order valence-electron chi connectivity index (χ4n) is 2.57. The zero-order valence-electron chi connectivity index (χ0n) is 13.4. The van der Waals surface area contributed by atoms with Gasteiger partial charge in [0.1, 0.15) is 18.6 Å². The predicted octanol–water partition coefficient (Wildman–Crippen LogP) is 1.52. The van der Waals surface area contributed by atoms with Crippen molar-refractivity contribution < 1.29 is 28.8 Å². The summed E-state index contributed by atoms with van der Waals surface area (Å²) in [5.41, 5.74) is 0.650. The van der Waals surface area contributed by atoms with Crippen LogP contribution in [0.15, 0.2) is 18.2 Å². The summed E-state index contributed by atoms with van der Waals surface area (Å²) >= 11 is 0. The Bertz CT molecular complexity index is 708. The van der Waals surface area contributed by atoms with Gasteiger partial charge in [-0.1, -0.05) is 0 Å². The average Bonchev–Trinajstić information content (AvgIpc) is 3.19. The predicted molar refractivity (Wildman–Crippen MR) is 84.4 cm³/mol. The van der Waals surface area contributed by atoms with Gasteiger partial charge < -0.3 is 24.1 Å². The highest BCUT2D eigenvalue weighted by Crippen LogP contribution is 2.26. The van der Waals surface area contributed by atoms with E-state index in [1.54, 1.807) is 25.3 Å². The maximum absolute atomic E-state index is 11.4. The van der Waals surface area contributed by atoms with E-state index in [4.69, 9.17) is 18.9 Å². The molecule has 8 heteroatoms. The molecule has 0 bridgehead atoms. The molecule has 1 N–H and O–H groups in total. The van der Waals surface area contributed by atoms with E-state index < -0.39 is 5.97 Å². The van der Waals surface area contributed by atoms with E-state index in [0.29, 0.717) is 43.1 Å². The quantitative estimate of drug-likeness (QED) is 0.731. The molecule has 0 aliphatic carbocycles. The molecule has 1 aromatic carbocycles. The monoisotopic (exact) mass is 336 g/mol. The standard InChI is InChI=1S/C16H20N2O6/c1-21-6-7-23-10-18-14-8-11(24-12-4-5-22-9-12)2-3-13(14)15(17-18)16(19)20/h2-3,8,12H,4-7,9-10H2,1H3,(H,19,20). The van der Waals surface area contributed by atoms with Crippen molar-refractivity contribution in [3.05, 3.63) is 23.9 Å². The van der Waals surface area contributed by atoms with E-state index in [1.807, 2.05) is 0 Å². The SMILES string of the molecule is COCCOCn1nc(C(=O)O)c2ccc(OC3CCOC3)cc21. The maximum atomic E-state index is 11.4. The molecule has 1 saturated heterocycles. The summed E-state index contributed by atoms with van der Waals surface area (Å²) in [6.45, 7) is 2.26. The number of fused-ring (bicyclic) bond motifs is 1. The largest absolute Gasteiger partial charge is 0.488 e. The van der Waals surface area contributed by atoms with Gasteiger partial charge in [-0.3, -0.25) is 0 Å². The lowest BCUT2D eigenvalue weighted by molar-refractivity contribution is 0.0304. The molecule has 1 unspecified atom stereocenters. The molecule has 0 spiro atoms. The van der Waals surface area contributed by atoms with Crippen LogP contribution in [0.4, 0.5) is 0 Å². The summed E-state index contributed by atoms with van der Waals surface area (Å²) in [4.78, 5) is 11.4. The normalized spacial score (nSPS) is 17.5. The van der Waals surface area contributed by atoms with Gasteiger partial charge in [0.05, 0.1) is 31.9 Å². The van der Waals surface area contributed by atoms with Crippen LogP contribution in [0.5, 0.6) is 5.75 Å². The smallest absolute Gasteiger partial charge is 0.357 e. The summed E-state index contributed by atoms with van der Waals surface area (Å²) in [7, 11) is 1.59. The second-order valence-electron chi connectivity index (χ2n) is 5.47. The van der Waals surface area contributed by atoms with Crippen LogP contribution in [0.1, 0.15) is 16.9 Å². The van der Waals surface area contributed by atoms with Gasteiger partial charge in [-0.2, -0.15) is 5.10 Å². The zero-order chi connectivity index (χ0) is 16.9. The summed E-state index contributed by atoms with van der Waals surface area (Å²) in [5.74, 6) is -0.415.